The fraction of sp³-hybridized carbons (Fsp3) is 0.571. The summed E-state index contributed by atoms with van der Waals surface area (Å²) in [6, 6.07) is 3.66. The van der Waals surface area contributed by atoms with E-state index in [4.69, 9.17) is 9.47 Å². The summed E-state index contributed by atoms with van der Waals surface area (Å²) < 4.78 is 10.5. The van der Waals surface area contributed by atoms with Crippen molar-refractivity contribution in [2.24, 2.45) is 0 Å². The van der Waals surface area contributed by atoms with Crippen molar-refractivity contribution in [1.82, 2.24) is 4.98 Å². The van der Waals surface area contributed by atoms with Gasteiger partial charge in [0.2, 0.25) is 5.88 Å². The van der Waals surface area contributed by atoms with Crippen molar-refractivity contribution in [3.05, 3.63) is 18.3 Å². The zero-order valence-corrected chi connectivity index (χ0v) is 12.0. The van der Waals surface area contributed by atoms with Gasteiger partial charge in [-0.25, -0.2) is 4.98 Å². The van der Waals surface area contributed by atoms with Crippen LogP contribution in [0.25, 0.3) is 0 Å². The molecule has 106 valence electrons. The zero-order valence-electron chi connectivity index (χ0n) is 12.0. The van der Waals surface area contributed by atoms with Crippen LogP contribution in [-0.2, 0) is 9.53 Å². The summed E-state index contributed by atoms with van der Waals surface area (Å²) in [6.45, 7) is 8.59. The highest BCUT2D eigenvalue weighted by atomic mass is 16.6. The van der Waals surface area contributed by atoms with E-state index in [1.807, 2.05) is 33.8 Å². The summed E-state index contributed by atoms with van der Waals surface area (Å²) in [6.07, 6.45) is 2.00. The van der Waals surface area contributed by atoms with Crippen LogP contribution < -0.4 is 10.1 Å². The van der Waals surface area contributed by atoms with Gasteiger partial charge in [-0.3, -0.25) is 4.79 Å². The van der Waals surface area contributed by atoms with Crippen molar-refractivity contribution in [3.8, 4) is 5.88 Å². The standard InChI is InChI=1S/C14H22N2O3/c1-5-18-12-7-6-11(10-16-12)15-9-8-13(17)19-14(2,3)4/h6-7,10,15H,5,8-9H2,1-4H3. The van der Waals surface area contributed by atoms with Gasteiger partial charge in [-0.05, 0) is 33.8 Å². The normalized spacial score (nSPS) is 10.9. The maximum Gasteiger partial charge on any atom is 0.308 e. The Balaban J connectivity index is 2.31. The quantitative estimate of drug-likeness (QED) is 0.802. The Hall–Kier alpha value is -1.78. The van der Waals surface area contributed by atoms with Gasteiger partial charge in [0.1, 0.15) is 5.60 Å². The average molecular weight is 266 g/mol. The van der Waals surface area contributed by atoms with Crippen LogP contribution in [0.1, 0.15) is 34.1 Å². The summed E-state index contributed by atoms with van der Waals surface area (Å²) >= 11 is 0. The monoisotopic (exact) mass is 266 g/mol. The first-order chi connectivity index (χ1) is 8.90. The number of carbonyl (C=O) groups is 1. The van der Waals surface area contributed by atoms with E-state index >= 15 is 0 Å². The highest BCUT2D eigenvalue weighted by Gasteiger charge is 2.15. The van der Waals surface area contributed by atoms with Crippen LogP contribution in [0.5, 0.6) is 5.88 Å². The first-order valence-electron chi connectivity index (χ1n) is 6.45. The second kappa shape index (κ2) is 6.97. The van der Waals surface area contributed by atoms with E-state index in [1.165, 1.54) is 0 Å². The average Bonchev–Trinajstić information content (AvgIpc) is 2.29. The predicted octanol–water partition coefficient (Wildman–Crippen LogP) is 2.62. The van der Waals surface area contributed by atoms with E-state index in [0.717, 1.165) is 5.69 Å². The second-order valence-corrected chi connectivity index (χ2v) is 5.08. The van der Waals surface area contributed by atoms with Crippen LogP contribution >= 0.6 is 0 Å². The van der Waals surface area contributed by atoms with Gasteiger partial charge in [0.25, 0.3) is 0 Å². The number of esters is 1. The van der Waals surface area contributed by atoms with Crippen LogP contribution in [0.15, 0.2) is 18.3 Å². The van der Waals surface area contributed by atoms with Crippen LogP contribution in [0, 0.1) is 0 Å². The van der Waals surface area contributed by atoms with Crippen LogP contribution in [0.3, 0.4) is 0 Å². The van der Waals surface area contributed by atoms with E-state index in [2.05, 4.69) is 10.3 Å². The number of hydrogen-bond donors (Lipinski definition) is 1. The van der Waals surface area contributed by atoms with Crippen LogP contribution in [0.4, 0.5) is 5.69 Å². The molecule has 1 aromatic heterocycles. The highest BCUT2D eigenvalue weighted by molar-refractivity contribution is 5.70. The minimum Gasteiger partial charge on any atom is -0.478 e. The third kappa shape index (κ3) is 6.64. The molecule has 5 nitrogen and oxygen atoms in total. The first-order valence-corrected chi connectivity index (χ1v) is 6.45. The number of hydrogen-bond acceptors (Lipinski definition) is 5. The Morgan fingerprint density at radius 3 is 2.63 bits per heavy atom. The SMILES string of the molecule is CCOc1ccc(NCCC(=O)OC(C)(C)C)cn1. The molecule has 0 spiro atoms. The van der Waals surface area contributed by atoms with E-state index in [1.54, 1.807) is 12.3 Å². The Morgan fingerprint density at radius 1 is 1.37 bits per heavy atom. The predicted molar refractivity (Wildman–Crippen MR) is 74.4 cm³/mol. The summed E-state index contributed by atoms with van der Waals surface area (Å²) in [5.74, 6) is 0.388. The molecule has 0 aromatic carbocycles. The lowest BCUT2D eigenvalue weighted by atomic mass is 10.2. The molecule has 1 heterocycles. The lowest BCUT2D eigenvalue weighted by Crippen LogP contribution is -2.25. The van der Waals surface area contributed by atoms with Gasteiger partial charge in [-0.2, -0.15) is 0 Å². The van der Waals surface area contributed by atoms with Crippen LogP contribution in [0.2, 0.25) is 0 Å². The molecule has 0 aliphatic rings. The van der Waals surface area contributed by atoms with Crippen molar-refractivity contribution in [1.29, 1.82) is 0 Å². The number of nitrogens with one attached hydrogen (secondary N) is 1. The molecule has 1 aromatic rings. The number of carbonyl (C=O) groups excluding carboxylic acids is 1. The second-order valence-electron chi connectivity index (χ2n) is 5.08. The molecular formula is C14H22N2O3. The molecule has 0 amide bonds. The Bertz CT molecular complexity index is 396. The van der Waals surface area contributed by atoms with Crippen molar-refractivity contribution in [2.45, 2.75) is 39.7 Å². The number of nitrogens with zero attached hydrogens (tertiary/aromatic N) is 1. The lowest BCUT2D eigenvalue weighted by molar-refractivity contribution is -0.154. The van der Waals surface area contributed by atoms with Crippen molar-refractivity contribution in [2.75, 3.05) is 18.5 Å². The molecule has 0 bridgehead atoms. The zero-order chi connectivity index (χ0) is 14.3. The smallest absolute Gasteiger partial charge is 0.308 e. The molecule has 0 aliphatic heterocycles. The number of anilines is 1. The van der Waals surface area contributed by atoms with Gasteiger partial charge < -0.3 is 14.8 Å². The number of pyridine rings is 1. The molecule has 0 aliphatic carbocycles. The molecule has 0 saturated heterocycles. The molecule has 1 N–H and O–H groups in total. The maximum atomic E-state index is 11.5. The van der Waals surface area contributed by atoms with Crippen molar-refractivity contribution < 1.29 is 14.3 Å². The molecule has 0 fully saturated rings. The number of rotatable bonds is 6. The third-order valence-corrected chi connectivity index (χ3v) is 2.11. The van der Waals surface area contributed by atoms with E-state index < -0.39 is 5.60 Å². The van der Waals surface area contributed by atoms with Gasteiger partial charge in [0.15, 0.2) is 0 Å². The van der Waals surface area contributed by atoms with Gasteiger partial charge in [0, 0.05) is 12.6 Å². The topological polar surface area (TPSA) is 60.5 Å². The fourth-order valence-corrected chi connectivity index (χ4v) is 1.42. The Labute approximate surface area is 114 Å². The van der Waals surface area contributed by atoms with Crippen molar-refractivity contribution in [3.63, 3.8) is 0 Å². The molecule has 0 unspecified atom stereocenters. The van der Waals surface area contributed by atoms with Crippen LogP contribution in [-0.4, -0.2) is 29.7 Å². The van der Waals surface area contributed by atoms with Gasteiger partial charge >= 0.3 is 5.97 Å². The van der Waals surface area contributed by atoms with Gasteiger partial charge in [-0.15, -0.1) is 0 Å². The molecule has 1 rings (SSSR count). The molecular weight excluding hydrogens is 244 g/mol. The minimum atomic E-state index is -0.433. The Morgan fingerprint density at radius 2 is 2.11 bits per heavy atom. The molecule has 0 atom stereocenters. The first kappa shape index (κ1) is 15.3. The largest absolute Gasteiger partial charge is 0.478 e. The molecule has 5 heteroatoms. The summed E-state index contributed by atoms with van der Waals surface area (Å²) in [5, 5.41) is 3.11. The summed E-state index contributed by atoms with van der Waals surface area (Å²) in [4.78, 5) is 15.6. The Kier molecular flexibility index (Phi) is 5.60. The van der Waals surface area contributed by atoms with E-state index in [9.17, 15) is 4.79 Å². The molecule has 0 radical (unpaired) electrons. The number of ether oxygens (including phenoxy) is 2. The number of aromatic nitrogens is 1. The third-order valence-electron chi connectivity index (χ3n) is 2.11. The summed E-state index contributed by atoms with van der Waals surface area (Å²) in [5.41, 5.74) is 0.421. The fourth-order valence-electron chi connectivity index (χ4n) is 1.42. The van der Waals surface area contributed by atoms with Gasteiger partial charge in [0.05, 0.1) is 24.9 Å². The highest BCUT2D eigenvalue weighted by Crippen LogP contribution is 2.12. The van der Waals surface area contributed by atoms with Crippen molar-refractivity contribution >= 4 is 11.7 Å². The van der Waals surface area contributed by atoms with E-state index in [-0.39, 0.29) is 5.97 Å². The lowest BCUT2D eigenvalue weighted by Gasteiger charge is -2.19. The summed E-state index contributed by atoms with van der Waals surface area (Å²) in [7, 11) is 0. The maximum absolute atomic E-state index is 11.5. The minimum absolute atomic E-state index is 0.209. The van der Waals surface area contributed by atoms with Gasteiger partial charge in [-0.1, -0.05) is 0 Å². The molecule has 0 saturated carbocycles. The van der Waals surface area contributed by atoms with E-state index in [0.29, 0.717) is 25.5 Å². The molecule has 19 heavy (non-hydrogen) atoms.